The summed E-state index contributed by atoms with van der Waals surface area (Å²) in [6, 6.07) is 59.0. The van der Waals surface area contributed by atoms with Crippen molar-refractivity contribution in [1.29, 1.82) is 0 Å². The summed E-state index contributed by atoms with van der Waals surface area (Å²) in [6.07, 6.45) is 4.91. The van der Waals surface area contributed by atoms with Crippen molar-refractivity contribution < 1.29 is 0 Å². The lowest BCUT2D eigenvalue weighted by Gasteiger charge is -2.50. The lowest BCUT2D eigenvalue weighted by Crippen LogP contribution is -2.55. The monoisotopic (exact) mass is 846 g/mol. The van der Waals surface area contributed by atoms with Gasteiger partial charge in [0.2, 0.25) is 6.71 Å². The molecule has 4 aliphatic rings. The van der Waals surface area contributed by atoms with Crippen LogP contribution in [0.5, 0.6) is 0 Å². The third-order valence-electron chi connectivity index (χ3n) is 15.8. The van der Waals surface area contributed by atoms with Crippen LogP contribution in [0.4, 0.5) is 28.4 Å². The van der Waals surface area contributed by atoms with Crippen LogP contribution in [0.25, 0.3) is 71.6 Å². The van der Waals surface area contributed by atoms with Gasteiger partial charge in [0.25, 0.3) is 0 Å². The second kappa shape index (κ2) is 12.0. The van der Waals surface area contributed by atoms with E-state index in [4.69, 9.17) is 0 Å². The number of anilines is 5. The number of benzene rings is 8. The molecule has 294 valence electrons. The van der Waals surface area contributed by atoms with Crippen LogP contribution < -0.4 is 26.2 Å². The molecule has 0 N–H and O–H groups in total. The Morgan fingerprint density at radius 2 is 1.05 bits per heavy atom. The average Bonchev–Trinajstić information content (AvgIpc) is 4.08. The van der Waals surface area contributed by atoms with E-state index in [2.05, 4.69) is 175 Å². The van der Waals surface area contributed by atoms with Crippen molar-refractivity contribution in [2.45, 2.75) is 50.5 Å². The Morgan fingerprint density at radius 1 is 0.452 bits per heavy atom. The predicted octanol–water partition coefficient (Wildman–Crippen LogP) is 14.8. The van der Waals surface area contributed by atoms with Crippen molar-refractivity contribution >= 4 is 146 Å². The van der Waals surface area contributed by atoms with Crippen molar-refractivity contribution in [3.8, 4) is 11.1 Å². The number of nitrogens with zero attached hydrogens (tertiary/aromatic N) is 2. The van der Waals surface area contributed by atoms with Crippen molar-refractivity contribution in [2.24, 2.45) is 0 Å². The minimum atomic E-state index is -0.0576. The fraction of sp³-hybridized carbons (Fsp3) is 0.143. The molecule has 3 aromatic heterocycles. The van der Waals surface area contributed by atoms with Crippen LogP contribution >= 0.6 is 34.0 Å². The maximum Gasteiger partial charge on any atom is 0.248 e. The quantitative estimate of drug-likeness (QED) is 0.160. The fourth-order valence-corrected chi connectivity index (χ4v) is 16.1. The molecule has 2 unspecified atom stereocenters. The second-order valence-electron chi connectivity index (χ2n) is 18.7. The van der Waals surface area contributed by atoms with E-state index < -0.39 is 0 Å². The minimum absolute atomic E-state index is 0.0576. The van der Waals surface area contributed by atoms with Crippen LogP contribution in [0.15, 0.2) is 152 Å². The molecule has 8 aromatic carbocycles. The van der Waals surface area contributed by atoms with Gasteiger partial charge in [-0.2, -0.15) is 0 Å². The second-order valence-corrected chi connectivity index (χ2v) is 21.9. The third-order valence-corrected chi connectivity index (χ3v) is 19.2. The van der Waals surface area contributed by atoms with E-state index in [1.54, 1.807) is 0 Å². The Hall–Kier alpha value is -5.92. The van der Waals surface area contributed by atoms with Gasteiger partial charge in [0.05, 0.1) is 5.54 Å². The summed E-state index contributed by atoms with van der Waals surface area (Å²) >= 11 is 5.77. The Bertz CT molecular complexity index is 3800. The molecule has 1 fully saturated rings. The van der Waals surface area contributed by atoms with Gasteiger partial charge in [-0.05, 0) is 126 Å². The normalized spacial score (nSPS) is 19.9. The molecule has 11 aromatic rings. The number of hydrogen-bond donors (Lipinski definition) is 0. The molecule has 0 saturated heterocycles. The zero-order valence-electron chi connectivity index (χ0n) is 34.5. The van der Waals surface area contributed by atoms with E-state index in [0.29, 0.717) is 0 Å². The molecule has 6 heterocycles. The molecule has 3 aliphatic heterocycles. The van der Waals surface area contributed by atoms with E-state index >= 15 is 0 Å². The van der Waals surface area contributed by atoms with Gasteiger partial charge >= 0.3 is 0 Å². The first-order chi connectivity index (χ1) is 30.4. The van der Waals surface area contributed by atoms with Crippen LogP contribution in [0.3, 0.4) is 0 Å². The summed E-state index contributed by atoms with van der Waals surface area (Å²) in [6.45, 7) is 5.25. The number of fused-ring (bicyclic) bond motifs is 17. The average molecular weight is 847 g/mol. The van der Waals surface area contributed by atoms with Gasteiger partial charge in [-0.3, -0.25) is 0 Å². The van der Waals surface area contributed by atoms with Crippen molar-refractivity contribution in [1.82, 2.24) is 0 Å². The molecule has 62 heavy (non-hydrogen) atoms. The highest BCUT2D eigenvalue weighted by Gasteiger charge is 2.58. The van der Waals surface area contributed by atoms with Gasteiger partial charge in [-0.1, -0.05) is 98.0 Å². The maximum absolute atomic E-state index is 2.79. The highest BCUT2D eigenvalue weighted by atomic mass is 32.1. The van der Waals surface area contributed by atoms with Gasteiger partial charge in [-0.25, -0.2) is 0 Å². The van der Waals surface area contributed by atoms with Gasteiger partial charge in [0.15, 0.2) is 0 Å². The molecule has 6 heteroatoms. The highest BCUT2D eigenvalue weighted by molar-refractivity contribution is 7.27. The van der Waals surface area contributed by atoms with Gasteiger partial charge in [-0.15, -0.1) is 34.0 Å². The SMILES string of the molecule is CC12CCCCC1(C)N(c1cc3c4c(c1)N(c1ccc5sc6ccccc6c5c1)c1cc5c(cc1B4c1cc4sc6ccccc6c4cc1-3)sc1ccccc15)c1ccccc12. The Morgan fingerprint density at radius 3 is 1.79 bits per heavy atom. The highest BCUT2D eigenvalue weighted by Crippen LogP contribution is 2.61. The van der Waals surface area contributed by atoms with Crippen LogP contribution in [0, 0.1) is 0 Å². The van der Waals surface area contributed by atoms with E-state index in [1.165, 1.54) is 148 Å². The smallest absolute Gasteiger partial charge is 0.248 e. The Kier molecular flexibility index (Phi) is 6.68. The first kappa shape index (κ1) is 34.6. The predicted molar refractivity (Wildman–Crippen MR) is 273 cm³/mol. The van der Waals surface area contributed by atoms with Crippen LogP contribution in [-0.2, 0) is 5.41 Å². The van der Waals surface area contributed by atoms with E-state index in [1.807, 2.05) is 34.0 Å². The molecular weight excluding hydrogens is 808 g/mol. The number of hydrogen-bond acceptors (Lipinski definition) is 5. The summed E-state index contributed by atoms with van der Waals surface area (Å²) in [4.78, 5) is 5.46. The van der Waals surface area contributed by atoms with E-state index in [-0.39, 0.29) is 17.7 Å². The summed E-state index contributed by atoms with van der Waals surface area (Å²) in [5, 5.41) is 8.07. The lowest BCUT2D eigenvalue weighted by atomic mass is 9.37. The topological polar surface area (TPSA) is 6.48 Å². The summed E-state index contributed by atoms with van der Waals surface area (Å²) in [5.41, 5.74) is 15.1. The van der Waals surface area contributed by atoms with E-state index in [9.17, 15) is 0 Å². The Balaban J connectivity index is 1.08. The largest absolute Gasteiger partial charge is 0.334 e. The summed E-state index contributed by atoms with van der Waals surface area (Å²) in [5.74, 6) is 0. The van der Waals surface area contributed by atoms with Crippen molar-refractivity contribution in [3.63, 3.8) is 0 Å². The van der Waals surface area contributed by atoms with Crippen molar-refractivity contribution in [3.05, 3.63) is 157 Å². The number of para-hydroxylation sites is 1. The zero-order chi connectivity index (χ0) is 40.6. The molecule has 2 nitrogen and oxygen atoms in total. The molecular formula is C56H39BN2S3. The van der Waals surface area contributed by atoms with Gasteiger partial charge in [0.1, 0.15) is 0 Å². The van der Waals surface area contributed by atoms with Crippen LogP contribution in [-0.4, -0.2) is 12.3 Å². The molecule has 0 spiro atoms. The zero-order valence-corrected chi connectivity index (χ0v) is 36.9. The maximum atomic E-state index is 2.79. The molecule has 15 rings (SSSR count). The molecule has 2 atom stereocenters. The van der Waals surface area contributed by atoms with Crippen LogP contribution in [0.1, 0.15) is 45.1 Å². The summed E-state index contributed by atoms with van der Waals surface area (Å²) in [7, 11) is 0. The molecule has 0 bridgehead atoms. The Labute approximate surface area is 372 Å². The molecule has 0 amide bonds. The molecule has 0 radical (unpaired) electrons. The standard InChI is InChI=1S/C56H39BN2S3/c1-55-23-11-12-24-56(55,2)59(45-17-7-6-16-42(45)55)33-26-41-37-28-39-35-14-4-9-19-49(35)61-52(39)30-43(37)57-44-31-53-40(36-15-5-10-20-50(36)62-53)29-46(44)58(47(27-33)54(41)57)32-21-22-51-38(25-32)34-13-3-8-18-48(34)60-51/h3-10,13-22,25-31H,11-12,23-24H2,1-2H3. The fourth-order valence-electron chi connectivity index (χ4n) is 12.8. The summed E-state index contributed by atoms with van der Waals surface area (Å²) < 4.78 is 8.12. The lowest BCUT2D eigenvalue weighted by molar-refractivity contribution is 0.195. The number of rotatable bonds is 2. The molecule has 1 aliphatic carbocycles. The van der Waals surface area contributed by atoms with Gasteiger partial charge < -0.3 is 9.80 Å². The van der Waals surface area contributed by atoms with E-state index in [0.717, 1.165) is 0 Å². The number of thiophene rings is 3. The first-order valence-corrected chi connectivity index (χ1v) is 24.6. The first-order valence-electron chi connectivity index (χ1n) is 22.2. The van der Waals surface area contributed by atoms with Crippen molar-refractivity contribution in [2.75, 3.05) is 9.80 Å². The van der Waals surface area contributed by atoms with Crippen LogP contribution in [0.2, 0.25) is 0 Å². The third kappa shape index (κ3) is 4.26. The molecule has 1 saturated carbocycles. The minimum Gasteiger partial charge on any atom is -0.334 e. The van der Waals surface area contributed by atoms with Gasteiger partial charge in [0, 0.05) is 94.4 Å².